The van der Waals surface area contributed by atoms with Crippen molar-refractivity contribution in [2.24, 2.45) is 0 Å². The Bertz CT molecular complexity index is 1120. The molecule has 0 saturated carbocycles. The molecule has 29 heavy (non-hydrogen) atoms. The van der Waals surface area contributed by atoms with Gasteiger partial charge in [0.25, 0.3) is 0 Å². The van der Waals surface area contributed by atoms with Crippen molar-refractivity contribution in [3.63, 3.8) is 0 Å². The number of nitrogens with zero attached hydrogens (tertiary/aromatic N) is 1. The van der Waals surface area contributed by atoms with Gasteiger partial charge in [0.05, 0.1) is 15.4 Å². The number of sulfone groups is 2. The van der Waals surface area contributed by atoms with Crippen LogP contribution in [0, 0.1) is 0 Å². The highest BCUT2D eigenvalue weighted by Gasteiger charge is 2.43. The highest BCUT2D eigenvalue weighted by Crippen LogP contribution is 2.30. The van der Waals surface area contributed by atoms with Gasteiger partial charge in [0.1, 0.15) is 10.6 Å². The number of amides is 1. The van der Waals surface area contributed by atoms with E-state index in [9.17, 15) is 34.8 Å². The van der Waals surface area contributed by atoms with Crippen molar-refractivity contribution >= 4 is 31.4 Å². The zero-order valence-electron chi connectivity index (χ0n) is 15.5. The minimum atomic E-state index is -4.60. The standard InChI is InChI=1S/C17H17F3N2O5S2/c1-16(2,15(23)22-14-9-4-11(10-21-14)17(18,19)20)29(26,27)13-7-5-12(6-8-13)28(3,24)25/h4-10H,1-3H3,(H,21,22,23). The van der Waals surface area contributed by atoms with Crippen molar-refractivity contribution in [3.8, 4) is 0 Å². The number of aromatic nitrogens is 1. The fraction of sp³-hybridized carbons (Fsp3) is 0.294. The van der Waals surface area contributed by atoms with E-state index in [0.29, 0.717) is 12.3 Å². The third kappa shape index (κ3) is 4.75. The highest BCUT2D eigenvalue weighted by atomic mass is 32.2. The van der Waals surface area contributed by atoms with Crippen LogP contribution in [0.25, 0.3) is 0 Å². The largest absolute Gasteiger partial charge is 0.417 e. The number of nitrogens with one attached hydrogen (secondary N) is 1. The molecule has 2 rings (SSSR count). The molecule has 158 valence electrons. The van der Waals surface area contributed by atoms with Gasteiger partial charge in [-0.3, -0.25) is 4.79 Å². The molecular formula is C17H17F3N2O5S2. The molecule has 0 saturated heterocycles. The summed E-state index contributed by atoms with van der Waals surface area (Å²) in [5, 5.41) is 2.18. The van der Waals surface area contributed by atoms with Crippen LogP contribution in [-0.2, 0) is 30.6 Å². The van der Waals surface area contributed by atoms with Crippen LogP contribution < -0.4 is 5.32 Å². The molecule has 0 unspecified atom stereocenters. The van der Waals surface area contributed by atoms with Crippen molar-refractivity contribution < 1.29 is 34.8 Å². The average Bonchev–Trinajstić information content (AvgIpc) is 2.60. The molecule has 1 heterocycles. The minimum Gasteiger partial charge on any atom is -0.309 e. The number of pyridine rings is 1. The summed E-state index contributed by atoms with van der Waals surface area (Å²) in [7, 11) is -7.80. The summed E-state index contributed by atoms with van der Waals surface area (Å²) in [6, 6.07) is 5.95. The number of carbonyl (C=O) groups is 1. The molecule has 0 aliphatic carbocycles. The zero-order valence-corrected chi connectivity index (χ0v) is 17.1. The molecule has 7 nitrogen and oxygen atoms in total. The van der Waals surface area contributed by atoms with E-state index in [2.05, 4.69) is 10.3 Å². The van der Waals surface area contributed by atoms with Crippen LogP contribution in [0.2, 0.25) is 0 Å². The Balaban J connectivity index is 2.29. The fourth-order valence-electron chi connectivity index (χ4n) is 2.18. The van der Waals surface area contributed by atoms with Crippen molar-refractivity contribution in [1.29, 1.82) is 0 Å². The Kier molecular flexibility index (Phi) is 5.83. The van der Waals surface area contributed by atoms with E-state index in [0.717, 1.165) is 50.4 Å². The molecule has 12 heteroatoms. The van der Waals surface area contributed by atoms with E-state index in [1.54, 1.807) is 0 Å². The van der Waals surface area contributed by atoms with Crippen LogP contribution in [-0.4, -0.2) is 38.7 Å². The second-order valence-electron chi connectivity index (χ2n) is 6.64. The number of carbonyl (C=O) groups excluding carboxylic acids is 1. The van der Waals surface area contributed by atoms with E-state index in [4.69, 9.17) is 0 Å². The first-order valence-electron chi connectivity index (χ1n) is 7.96. The van der Waals surface area contributed by atoms with Gasteiger partial charge in [-0.1, -0.05) is 0 Å². The molecule has 0 bridgehead atoms. The molecule has 1 N–H and O–H groups in total. The first-order valence-corrected chi connectivity index (χ1v) is 11.3. The number of hydrogen-bond acceptors (Lipinski definition) is 6. The Labute approximate surface area is 165 Å². The van der Waals surface area contributed by atoms with Crippen molar-refractivity contribution in [2.75, 3.05) is 11.6 Å². The maximum atomic E-state index is 12.9. The van der Waals surface area contributed by atoms with Gasteiger partial charge in [0.2, 0.25) is 5.91 Å². The van der Waals surface area contributed by atoms with Crippen molar-refractivity contribution in [3.05, 3.63) is 48.2 Å². The number of hydrogen-bond donors (Lipinski definition) is 1. The minimum absolute atomic E-state index is 0.0901. The van der Waals surface area contributed by atoms with Crippen molar-refractivity contribution in [2.45, 2.75) is 34.6 Å². The van der Waals surface area contributed by atoms with Gasteiger partial charge >= 0.3 is 6.18 Å². The first kappa shape index (κ1) is 22.8. The average molecular weight is 450 g/mol. The van der Waals surface area contributed by atoms with Crippen molar-refractivity contribution in [1.82, 2.24) is 4.98 Å². The molecule has 0 fully saturated rings. The van der Waals surface area contributed by atoms with Gasteiger partial charge < -0.3 is 5.32 Å². The Morgan fingerprint density at radius 2 is 1.45 bits per heavy atom. The summed E-state index contributed by atoms with van der Waals surface area (Å²) < 4.78 is 84.4. The molecule has 1 amide bonds. The number of halogens is 3. The van der Waals surface area contributed by atoms with E-state index in [1.807, 2.05) is 0 Å². The molecule has 0 radical (unpaired) electrons. The van der Waals surface area contributed by atoms with E-state index in [-0.39, 0.29) is 15.6 Å². The maximum Gasteiger partial charge on any atom is 0.417 e. The lowest BCUT2D eigenvalue weighted by Gasteiger charge is -2.23. The molecule has 1 aromatic heterocycles. The van der Waals surface area contributed by atoms with Crippen LogP contribution >= 0.6 is 0 Å². The number of anilines is 1. The summed E-state index contributed by atoms with van der Waals surface area (Å²) in [5.41, 5.74) is -1.02. The van der Waals surface area contributed by atoms with Crippen LogP contribution in [0.15, 0.2) is 52.4 Å². The lowest BCUT2D eigenvalue weighted by molar-refractivity contribution is -0.137. The molecule has 2 aromatic rings. The first-order chi connectivity index (χ1) is 13.1. The summed E-state index contributed by atoms with van der Waals surface area (Å²) >= 11 is 0. The second kappa shape index (κ2) is 7.41. The Hall–Kier alpha value is -2.47. The van der Waals surface area contributed by atoms with Crippen LogP contribution in [0.5, 0.6) is 0 Å². The summed E-state index contributed by atoms with van der Waals surface area (Å²) in [5.74, 6) is -1.27. The molecule has 1 aromatic carbocycles. The quantitative estimate of drug-likeness (QED) is 0.750. The van der Waals surface area contributed by atoms with Crippen LogP contribution in [0.1, 0.15) is 19.4 Å². The van der Waals surface area contributed by atoms with E-state index in [1.165, 1.54) is 0 Å². The summed E-state index contributed by atoms with van der Waals surface area (Å²) in [4.78, 5) is 15.6. The zero-order chi connectivity index (χ0) is 22.3. The molecule has 0 atom stereocenters. The molecule has 0 spiro atoms. The SMILES string of the molecule is CC(C)(C(=O)Nc1ccc(C(F)(F)F)cn1)S(=O)(=O)c1ccc(S(C)(=O)=O)cc1. The van der Waals surface area contributed by atoms with E-state index >= 15 is 0 Å². The number of rotatable bonds is 5. The Morgan fingerprint density at radius 3 is 1.86 bits per heavy atom. The van der Waals surface area contributed by atoms with Gasteiger partial charge in [-0.15, -0.1) is 0 Å². The van der Waals surface area contributed by atoms with E-state index < -0.39 is 42.1 Å². The smallest absolute Gasteiger partial charge is 0.309 e. The molecule has 0 aliphatic rings. The predicted molar refractivity (Wildman–Crippen MR) is 98.7 cm³/mol. The monoisotopic (exact) mass is 450 g/mol. The van der Waals surface area contributed by atoms with Gasteiger partial charge in [-0.2, -0.15) is 13.2 Å². The van der Waals surface area contributed by atoms with Gasteiger partial charge in [0, 0.05) is 12.5 Å². The lowest BCUT2D eigenvalue weighted by Crippen LogP contribution is -2.44. The van der Waals surface area contributed by atoms with Crippen LogP contribution in [0.4, 0.5) is 19.0 Å². The predicted octanol–water partition coefficient (Wildman–Crippen LogP) is 2.69. The molecule has 0 aliphatic heterocycles. The number of benzene rings is 1. The van der Waals surface area contributed by atoms with Crippen LogP contribution in [0.3, 0.4) is 0 Å². The Morgan fingerprint density at radius 1 is 0.931 bits per heavy atom. The lowest BCUT2D eigenvalue weighted by atomic mass is 10.2. The number of alkyl halides is 3. The topological polar surface area (TPSA) is 110 Å². The molecular weight excluding hydrogens is 433 g/mol. The maximum absolute atomic E-state index is 12.9. The third-order valence-electron chi connectivity index (χ3n) is 4.11. The third-order valence-corrected chi connectivity index (χ3v) is 7.66. The van der Waals surface area contributed by atoms with Gasteiger partial charge in [0.15, 0.2) is 19.7 Å². The highest BCUT2D eigenvalue weighted by molar-refractivity contribution is 7.93. The van der Waals surface area contributed by atoms with Gasteiger partial charge in [-0.25, -0.2) is 21.8 Å². The summed E-state index contributed by atoms with van der Waals surface area (Å²) in [6.07, 6.45) is -3.12. The summed E-state index contributed by atoms with van der Waals surface area (Å²) in [6.45, 7) is 2.23. The van der Waals surface area contributed by atoms with Gasteiger partial charge in [-0.05, 0) is 50.2 Å². The normalized spacial score (nSPS) is 13.2. The second-order valence-corrected chi connectivity index (χ2v) is 11.2. The fourth-order valence-corrected chi connectivity index (χ4v) is 4.19.